The number of unbranched alkanes of at least 4 members (excludes halogenated alkanes) is 1. The van der Waals surface area contributed by atoms with Crippen LogP contribution >= 0.6 is 0 Å². The van der Waals surface area contributed by atoms with Crippen LogP contribution in [-0.2, 0) is 4.79 Å². The minimum Gasteiger partial charge on any atom is -0.298 e. The zero-order chi connectivity index (χ0) is 9.68. The topological polar surface area (TPSA) is 17.1 Å². The fourth-order valence-corrected chi connectivity index (χ4v) is 1.76. The Balaban J connectivity index is 2.68. The third-order valence-electron chi connectivity index (χ3n) is 2.64. The molecule has 0 aliphatic heterocycles. The normalized spacial score (nSPS) is 23.1. The first-order valence-corrected chi connectivity index (χ1v) is 5.14. The molecule has 1 atom stereocenters. The van der Waals surface area contributed by atoms with E-state index in [2.05, 4.69) is 26.0 Å². The second kappa shape index (κ2) is 5.00. The summed E-state index contributed by atoms with van der Waals surface area (Å²) in [5, 5.41) is 0. The van der Waals surface area contributed by atoms with Crippen molar-refractivity contribution in [2.24, 2.45) is 5.92 Å². The van der Waals surface area contributed by atoms with Crippen molar-refractivity contribution in [3.05, 3.63) is 23.3 Å². The average molecular weight is 178 g/mol. The van der Waals surface area contributed by atoms with Gasteiger partial charge in [-0.05, 0) is 36.3 Å². The summed E-state index contributed by atoms with van der Waals surface area (Å²) < 4.78 is 0. The van der Waals surface area contributed by atoms with E-state index in [1.54, 1.807) is 0 Å². The molecule has 0 radical (unpaired) electrons. The summed E-state index contributed by atoms with van der Waals surface area (Å²) >= 11 is 0. The summed E-state index contributed by atoms with van der Waals surface area (Å²) in [5.74, 6) is 0.577. The average Bonchev–Trinajstić information content (AvgIpc) is 2.48. The largest absolute Gasteiger partial charge is 0.298 e. The van der Waals surface area contributed by atoms with E-state index in [1.807, 2.05) is 0 Å². The van der Waals surface area contributed by atoms with Gasteiger partial charge < -0.3 is 0 Å². The van der Waals surface area contributed by atoms with Gasteiger partial charge in [-0.3, -0.25) is 4.79 Å². The van der Waals surface area contributed by atoms with Crippen molar-refractivity contribution in [1.29, 1.82) is 0 Å². The Hall–Kier alpha value is -0.850. The molecular formula is C12H18O. The molecule has 0 fully saturated rings. The van der Waals surface area contributed by atoms with Crippen LogP contribution < -0.4 is 0 Å². The van der Waals surface area contributed by atoms with Gasteiger partial charge in [-0.1, -0.05) is 32.4 Å². The number of carbonyl (C=O) groups excluding carboxylic acids is 1. The first-order chi connectivity index (χ1) is 6.29. The fraction of sp³-hybridized carbons (Fsp3) is 0.583. The standard InChI is InChI=1S/C12H18O/c1-3-4-5-6-12-10(2)7-8-11(12)9-13/h5-6,9-10H,3-4,7-8H2,1-2H3/b6-5+. The number of allylic oxidation sites excluding steroid dienone is 4. The lowest BCUT2D eigenvalue weighted by Gasteiger charge is -2.03. The highest BCUT2D eigenvalue weighted by Gasteiger charge is 2.18. The summed E-state index contributed by atoms with van der Waals surface area (Å²) in [6.45, 7) is 4.36. The zero-order valence-electron chi connectivity index (χ0n) is 8.55. The van der Waals surface area contributed by atoms with E-state index < -0.39 is 0 Å². The summed E-state index contributed by atoms with van der Waals surface area (Å²) in [4.78, 5) is 10.7. The highest BCUT2D eigenvalue weighted by Crippen LogP contribution is 2.31. The number of aldehydes is 1. The summed E-state index contributed by atoms with van der Waals surface area (Å²) in [5.41, 5.74) is 2.28. The van der Waals surface area contributed by atoms with E-state index >= 15 is 0 Å². The molecule has 1 rings (SSSR count). The Kier molecular flexibility index (Phi) is 3.94. The van der Waals surface area contributed by atoms with Gasteiger partial charge in [0.15, 0.2) is 0 Å². The highest BCUT2D eigenvalue weighted by atomic mass is 16.1. The van der Waals surface area contributed by atoms with Crippen LogP contribution in [0, 0.1) is 5.92 Å². The van der Waals surface area contributed by atoms with Crippen molar-refractivity contribution >= 4 is 6.29 Å². The van der Waals surface area contributed by atoms with Crippen molar-refractivity contribution in [2.45, 2.75) is 39.5 Å². The molecule has 0 bridgehead atoms. The van der Waals surface area contributed by atoms with Crippen LogP contribution in [0.4, 0.5) is 0 Å². The second-order valence-electron chi connectivity index (χ2n) is 3.73. The van der Waals surface area contributed by atoms with Crippen LogP contribution in [0.15, 0.2) is 23.3 Å². The third-order valence-corrected chi connectivity index (χ3v) is 2.64. The maximum absolute atomic E-state index is 10.7. The quantitative estimate of drug-likeness (QED) is 0.604. The van der Waals surface area contributed by atoms with E-state index in [4.69, 9.17) is 0 Å². The first kappa shape index (κ1) is 10.2. The predicted octanol–water partition coefficient (Wildman–Crippen LogP) is 3.27. The Bertz CT molecular complexity index is 236. The Labute approximate surface area is 80.5 Å². The number of rotatable bonds is 4. The third kappa shape index (κ3) is 2.55. The lowest BCUT2D eigenvalue weighted by atomic mass is 10.0. The lowest BCUT2D eigenvalue weighted by molar-refractivity contribution is -0.105. The van der Waals surface area contributed by atoms with Crippen LogP contribution in [0.5, 0.6) is 0 Å². The van der Waals surface area contributed by atoms with Crippen molar-refractivity contribution in [3.8, 4) is 0 Å². The van der Waals surface area contributed by atoms with Gasteiger partial charge in [0.25, 0.3) is 0 Å². The predicted molar refractivity (Wildman–Crippen MR) is 55.5 cm³/mol. The van der Waals surface area contributed by atoms with Crippen LogP contribution in [-0.4, -0.2) is 6.29 Å². The zero-order valence-corrected chi connectivity index (χ0v) is 8.55. The molecule has 0 heterocycles. The van der Waals surface area contributed by atoms with Crippen LogP contribution in [0.1, 0.15) is 39.5 Å². The molecule has 1 aliphatic carbocycles. The second-order valence-corrected chi connectivity index (χ2v) is 3.73. The number of hydrogen-bond donors (Lipinski definition) is 0. The van der Waals surface area contributed by atoms with Gasteiger partial charge in [-0.2, -0.15) is 0 Å². The van der Waals surface area contributed by atoms with E-state index in [-0.39, 0.29) is 0 Å². The minimum atomic E-state index is 0.577. The first-order valence-electron chi connectivity index (χ1n) is 5.14. The van der Waals surface area contributed by atoms with E-state index in [1.165, 1.54) is 12.0 Å². The molecule has 0 spiro atoms. The Morgan fingerprint density at radius 2 is 2.31 bits per heavy atom. The molecule has 0 saturated carbocycles. The Morgan fingerprint density at radius 3 is 2.92 bits per heavy atom. The van der Waals surface area contributed by atoms with Gasteiger partial charge in [0.1, 0.15) is 6.29 Å². The molecule has 0 amide bonds. The number of carbonyl (C=O) groups is 1. The monoisotopic (exact) mass is 178 g/mol. The SMILES string of the molecule is CCC/C=C/C1=C(C=O)CCC1C. The van der Waals surface area contributed by atoms with Gasteiger partial charge >= 0.3 is 0 Å². The molecule has 0 saturated heterocycles. The maximum atomic E-state index is 10.7. The number of hydrogen-bond acceptors (Lipinski definition) is 1. The van der Waals surface area contributed by atoms with E-state index in [0.717, 1.165) is 31.1 Å². The molecule has 13 heavy (non-hydrogen) atoms. The van der Waals surface area contributed by atoms with Crippen LogP contribution in [0.2, 0.25) is 0 Å². The highest BCUT2D eigenvalue weighted by molar-refractivity contribution is 5.76. The lowest BCUT2D eigenvalue weighted by Crippen LogP contribution is -1.90. The molecule has 1 unspecified atom stereocenters. The summed E-state index contributed by atoms with van der Waals surface area (Å²) in [6, 6.07) is 0. The van der Waals surface area contributed by atoms with Gasteiger partial charge in [-0.15, -0.1) is 0 Å². The molecule has 1 nitrogen and oxygen atoms in total. The van der Waals surface area contributed by atoms with Crippen molar-refractivity contribution < 1.29 is 4.79 Å². The fourth-order valence-electron chi connectivity index (χ4n) is 1.76. The molecule has 0 aromatic rings. The minimum absolute atomic E-state index is 0.577. The van der Waals surface area contributed by atoms with E-state index in [0.29, 0.717) is 5.92 Å². The molecule has 0 aromatic carbocycles. The summed E-state index contributed by atoms with van der Waals surface area (Å²) in [6.07, 6.45) is 9.74. The van der Waals surface area contributed by atoms with Gasteiger partial charge in [0.2, 0.25) is 0 Å². The Morgan fingerprint density at radius 1 is 1.54 bits per heavy atom. The van der Waals surface area contributed by atoms with E-state index in [9.17, 15) is 4.79 Å². The van der Waals surface area contributed by atoms with Crippen LogP contribution in [0.3, 0.4) is 0 Å². The van der Waals surface area contributed by atoms with Gasteiger partial charge in [0, 0.05) is 0 Å². The smallest absolute Gasteiger partial charge is 0.146 e. The summed E-state index contributed by atoms with van der Waals surface area (Å²) in [7, 11) is 0. The molecule has 1 aliphatic rings. The van der Waals surface area contributed by atoms with Gasteiger partial charge in [0.05, 0.1) is 0 Å². The molecule has 1 heteroatoms. The molecular weight excluding hydrogens is 160 g/mol. The van der Waals surface area contributed by atoms with Crippen molar-refractivity contribution in [1.82, 2.24) is 0 Å². The molecule has 72 valence electrons. The van der Waals surface area contributed by atoms with Gasteiger partial charge in [-0.25, -0.2) is 0 Å². The van der Waals surface area contributed by atoms with Crippen molar-refractivity contribution in [2.75, 3.05) is 0 Å². The van der Waals surface area contributed by atoms with Crippen molar-refractivity contribution in [3.63, 3.8) is 0 Å². The molecule has 0 aromatic heterocycles. The van der Waals surface area contributed by atoms with Crippen LogP contribution in [0.25, 0.3) is 0 Å². The molecule has 0 N–H and O–H groups in total. The maximum Gasteiger partial charge on any atom is 0.146 e.